The molecule has 0 spiro atoms. The van der Waals surface area contributed by atoms with Crippen LogP contribution in [0.3, 0.4) is 0 Å². The zero-order valence-electron chi connectivity index (χ0n) is 11.0. The summed E-state index contributed by atoms with van der Waals surface area (Å²) >= 11 is 3.28. The second-order valence-corrected chi connectivity index (χ2v) is 5.08. The Hall–Kier alpha value is -1.95. The summed E-state index contributed by atoms with van der Waals surface area (Å²) in [6, 6.07) is 6.21. The van der Waals surface area contributed by atoms with Crippen LogP contribution < -0.4 is 10.6 Å². The summed E-state index contributed by atoms with van der Waals surface area (Å²) in [7, 11) is 1.68. The van der Waals surface area contributed by atoms with Crippen LogP contribution in [0.2, 0.25) is 0 Å². The zero-order valence-corrected chi connectivity index (χ0v) is 12.6. The fourth-order valence-electron chi connectivity index (χ4n) is 1.74. The number of benzene rings is 1. The van der Waals surface area contributed by atoms with Crippen LogP contribution in [0.4, 0.5) is 15.9 Å². The molecule has 0 aliphatic carbocycles. The molecule has 2 aromatic rings. The number of pyridine rings is 1. The molecule has 1 aromatic heterocycles. The van der Waals surface area contributed by atoms with Crippen LogP contribution in [-0.2, 0) is 0 Å². The molecule has 4 nitrogen and oxygen atoms in total. The Morgan fingerprint density at radius 2 is 2.15 bits per heavy atom. The standard InChI is InChI=1S/C14H13BrFN3O/c1-8-11(16)4-3-5-12(8)19-14(20)10-6-9(15)7-18-13(10)17-2/h3-7H,1-2H3,(H,17,18)(H,19,20). The van der Waals surface area contributed by atoms with Gasteiger partial charge in [-0.2, -0.15) is 0 Å². The van der Waals surface area contributed by atoms with Crippen molar-refractivity contribution in [1.82, 2.24) is 4.98 Å². The average Bonchev–Trinajstić information content (AvgIpc) is 2.43. The molecule has 2 N–H and O–H groups in total. The number of nitrogens with one attached hydrogen (secondary N) is 2. The normalized spacial score (nSPS) is 10.2. The van der Waals surface area contributed by atoms with Gasteiger partial charge in [-0.1, -0.05) is 6.07 Å². The Labute approximate surface area is 124 Å². The van der Waals surface area contributed by atoms with E-state index in [-0.39, 0.29) is 11.7 Å². The molecule has 2 rings (SSSR count). The van der Waals surface area contributed by atoms with Crippen molar-refractivity contribution in [2.45, 2.75) is 6.92 Å². The lowest BCUT2D eigenvalue weighted by molar-refractivity contribution is 0.102. The first-order chi connectivity index (χ1) is 9.52. The maximum atomic E-state index is 13.5. The van der Waals surface area contributed by atoms with Crippen LogP contribution in [0.1, 0.15) is 15.9 Å². The summed E-state index contributed by atoms with van der Waals surface area (Å²) in [5.74, 6) is -0.249. The molecule has 1 aromatic carbocycles. The first-order valence-corrected chi connectivity index (χ1v) is 6.72. The number of hydrogen-bond acceptors (Lipinski definition) is 3. The molecule has 20 heavy (non-hydrogen) atoms. The van der Waals surface area contributed by atoms with E-state index < -0.39 is 0 Å². The second kappa shape index (κ2) is 6.00. The molecule has 0 radical (unpaired) electrons. The minimum atomic E-state index is -0.357. The van der Waals surface area contributed by atoms with Gasteiger partial charge in [-0.15, -0.1) is 0 Å². The van der Waals surface area contributed by atoms with Gasteiger partial charge in [0.15, 0.2) is 0 Å². The van der Waals surface area contributed by atoms with Crippen molar-refractivity contribution in [1.29, 1.82) is 0 Å². The van der Waals surface area contributed by atoms with Crippen LogP contribution >= 0.6 is 15.9 Å². The number of carbonyl (C=O) groups excluding carboxylic acids is 1. The maximum absolute atomic E-state index is 13.5. The van der Waals surface area contributed by atoms with Gasteiger partial charge in [0, 0.05) is 29.0 Å². The van der Waals surface area contributed by atoms with Gasteiger partial charge in [0.25, 0.3) is 5.91 Å². The highest BCUT2D eigenvalue weighted by atomic mass is 79.9. The van der Waals surface area contributed by atoms with Crippen molar-refractivity contribution in [3.05, 3.63) is 51.9 Å². The third-order valence-corrected chi connectivity index (χ3v) is 3.29. The minimum absolute atomic E-state index is 0.350. The molecule has 6 heteroatoms. The first-order valence-electron chi connectivity index (χ1n) is 5.92. The molecular weight excluding hydrogens is 325 g/mol. The summed E-state index contributed by atoms with van der Waals surface area (Å²) in [5, 5.41) is 5.54. The van der Waals surface area contributed by atoms with Crippen molar-refractivity contribution in [3.63, 3.8) is 0 Å². The Kier molecular flexibility index (Phi) is 4.34. The average molecular weight is 338 g/mol. The Morgan fingerprint density at radius 1 is 1.40 bits per heavy atom. The van der Waals surface area contributed by atoms with Gasteiger partial charge in [0.2, 0.25) is 0 Å². The van der Waals surface area contributed by atoms with Crippen LogP contribution in [0.25, 0.3) is 0 Å². The van der Waals surface area contributed by atoms with Crippen LogP contribution in [0.15, 0.2) is 34.9 Å². The predicted octanol–water partition coefficient (Wildman–Crippen LogP) is 3.59. The van der Waals surface area contributed by atoms with E-state index in [1.807, 2.05) is 0 Å². The number of hydrogen-bond donors (Lipinski definition) is 2. The van der Waals surface area contributed by atoms with Gasteiger partial charge in [-0.05, 0) is 41.1 Å². The predicted molar refractivity (Wildman–Crippen MR) is 80.6 cm³/mol. The lowest BCUT2D eigenvalue weighted by Crippen LogP contribution is -2.15. The molecule has 0 unspecified atom stereocenters. The summed E-state index contributed by atoms with van der Waals surface area (Å²) < 4.78 is 14.2. The van der Waals surface area contributed by atoms with E-state index in [9.17, 15) is 9.18 Å². The van der Waals surface area contributed by atoms with Gasteiger partial charge in [-0.3, -0.25) is 4.79 Å². The number of anilines is 2. The molecule has 0 fully saturated rings. The molecule has 1 amide bonds. The summed E-state index contributed by atoms with van der Waals surface area (Å²) in [6.07, 6.45) is 1.59. The fourth-order valence-corrected chi connectivity index (χ4v) is 2.08. The van der Waals surface area contributed by atoms with Gasteiger partial charge >= 0.3 is 0 Å². The number of rotatable bonds is 3. The van der Waals surface area contributed by atoms with E-state index in [0.717, 1.165) is 0 Å². The van der Waals surface area contributed by atoms with Gasteiger partial charge < -0.3 is 10.6 Å². The number of aromatic nitrogens is 1. The third kappa shape index (κ3) is 2.96. The highest BCUT2D eigenvalue weighted by Crippen LogP contribution is 2.22. The fraction of sp³-hybridized carbons (Fsp3) is 0.143. The highest BCUT2D eigenvalue weighted by molar-refractivity contribution is 9.10. The van der Waals surface area contributed by atoms with Crippen molar-refractivity contribution < 1.29 is 9.18 Å². The molecule has 0 aliphatic rings. The topological polar surface area (TPSA) is 54.0 Å². The number of halogens is 2. The molecule has 0 bridgehead atoms. The second-order valence-electron chi connectivity index (χ2n) is 4.17. The van der Waals surface area contributed by atoms with E-state index in [0.29, 0.717) is 27.1 Å². The first kappa shape index (κ1) is 14.5. The number of carbonyl (C=O) groups is 1. The third-order valence-electron chi connectivity index (χ3n) is 2.85. The molecule has 0 saturated carbocycles. The lowest BCUT2D eigenvalue weighted by atomic mass is 10.1. The lowest BCUT2D eigenvalue weighted by Gasteiger charge is -2.11. The molecule has 0 aliphatic heterocycles. The van der Waals surface area contributed by atoms with Crippen molar-refractivity contribution in [3.8, 4) is 0 Å². The Bertz CT molecular complexity index is 661. The van der Waals surface area contributed by atoms with Gasteiger partial charge in [0.1, 0.15) is 11.6 Å². The Balaban J connectivity index is 2.33. The van der Waals surface area contributed by atoms with E-state index >= 15 is 0 Å². The summed E-state index contributed by atoms with van der Waals surface area (Å²) in [6.45, 7) is 1.61. The maximum Gasteiger partial charge on any atom is 0.259 e. The monoisotopic (exact) mass is 337 g/mol. The van der Waals surface area contributed by atoms with E-state index in [1.54, 1.807) is 38.4 Å². The van der Waals surface area contributed by atoms with Gasteiger partial charge in [-0.25, -0.2) is 9.37 Å². The largest absolute Gasteiger partial charge is 0.372 e. The van der Waals surface area contributed by atoms with Crippen LogP contribution in [0.5, 0.6) is 0 Å². The van der Waals surface area contributed by atoms with Crippen molar-refractivity contribution >= 4 is 33.3 Å². The smallest absolute Gasteiger partial charge is 0.259 e. The number of amides is 1. The molecule has 1 heterocycles. The molecule has 0 atom stereocenters. The van der Waals surface area contributed by atoms with Gasteiger partial charge in [0.05, 0.1) is 5.56 Å². The van der Waals surface area contributed by atoms with E-state index in [2.05, 4.69) is 31.5 Å². The minimum Gasteiger partial charge on any atom is -0.372 e. The highest BCUT2D eigenvalue weighted by Gasteiger charge is 2.14. The van der Waals surface area contributed by atoms with Crippen LogP contribution in [0, 0.1) is 12.7 Å². The molecule has 0 saturated heterocycles. The molecule has 104 valence electrons. The van der Waals surface area contributed by atoms with Crippen molar-refractivity contribution in [2.24, 2.45) is 0 Å². The van der Waals surface area contributed by atoms with Crippen molar-refractivity contribution in [2.75, 3.05) is 17.7 Å². The number of nitrogens with zero attached hydrogens (tertiary/aromatic N) is 1. The zero-order chi connectivity index (χ0) is 14.7. The van der Waals surface area contributed by atoms with E-state index in [4.69, 9.17) is 0 Å². The SMILES string of the molecule is CNc1ncc(Br)cc1C(=O)Nc1cccc(F)c1C. The quantitative estimate of drug-likeness (QED) is 0.899. The van der Waals surface area contributed by atoms with E-state index in [1.165, 1.54) is 6.07 Å². The molecular formula is C14H13BrFN3O. The Morgan fingerprint density at radius 3 is 2.85 bits per heavy atom. The van der Waals surface area contributed by atoms with Crippen LogP contribution in [-0.4, -0.2) is 17.9 Å². The summed E-state index contributed by atoms with van der Waals surface area (Å²) in [5.41, 5.74) is 1.22. The summed E-state index contributed by atoms with van der Waals surface area (Å²) in [4.78, 5) is 16.4.